The molecule has 1 heterocycles. The maximum atomic E-state index is 12.8. The molecule has 0 radical (unpaired) electrons. The summed E-state index contributed by atoms with van der Waals surface area (Å²) in [6.45, 7) is 1.85. The van der Waals surface area contributed by atoms with Gasteiger partial charge in [-0.05, 0) is 24.6 Å². The van der Waals surface area contributed by atoms with Crippen LogP contribution < -0.4 is 10.5 Å². The number of rotatable bonds is 1. The summed E-state index contributed by atoms with van der Waals surface area (Å²) in [4.78, 5) is 23.5. The van der Waals surface area contributed by atoms with Gasteiger partial charge in [0.2, 0.25) is 0 Å². The molecule has 0 fully saturated rings. The molecule has 7 heteroatoms. The lowest BCUT2D eigenvalue weighted by atomic mass is 9.92. The number of aryl methyl sites for hydroxylation is 1. The van der Waals surface area contributed by atoms with Crippen LogP contribution in [-0.4, -0.2) is 15.8 Å². The van der Waals surface area contributed by atoms with Crippen LogP contribution in [-0.2, 0) is 5.79 Å². The molecule has 1 aliphatic carbocycles. The van der Waals surface area contributed by atoms with Gasteiger partial charge in [0.25, 0.3) is 11.5 Å². The van der Waals surface area contributed by atoms with E-state index in [0.29, 0.717) is 11.3 Å². The first-order valence-corrected chi connectivity index (χ1v) is 6.98. The normalized spacial score (nSPS) is 23.9. The Morgan fingerprint density at radius 3 is 2.78 bits per heavy atom. The fourth-order valence-electron chi connectivity index (χ4n) is 3.45. The highest BCUT2D eigenvalue weighted by Gasteiger charge is 2.62. The molecule has 2 aliphatic rings. The van der Waals surface area contributed by atoms with Crippen molar-refractivity contribution in [1.29, 1.82) is 0 Å². The highest BCUT2D eigenvalue weighted by Crippen LogP contribution is 2.58. The Balaban J connectivity index is 2.03. The first kappa shape index (κ1) is 13.7. The molecule has 7 nitrogen and oxygen atoms in total. The number of carbonyl (C=O) groups excluding carboxylic acids is 1. The topological polar surface area (TPSA) is 116 Å². The highest BCUT2D eigenvalue weighted by atomic mass is 16.6. The Bertz CT molecular complexity index is 908. The van der Waals surface area contributed by atoms with Crippen LogP contribution >= 0.6 is 0 Å². The number of ether oxygens (including phenoxy) is 1. The van der Waals surface area contributed by atoms with Gasteiger partial charge < -0.3 is 15.6 Å². The van der Waals surface area contributed by atoms with Gasteiger partial charge in [-0.25, -0.2) is 0 Å². The van der Waals surface area contributed by atoms with Crippen molar-refractivity contribution in [2.75, 3.05) is 5.73 Å². The number of benzene rings is 2. The first-order valence-electron chi connectivity index (χ1n) is 6.98. The van der Waals surface area contributed by atoms with E-state index in [9.17, 15) is 20.0 Å². The number of hydrogen-bond donors (Lipinski definition) is 2. The smallest absolute Gasteiger partial charge is 0.280 e. The zero-order valence-electron chi connectivity index (χ0n) is 12.1. The average molecular weight is 312 g/mol. The Morgan fingerprint density at radius 1 is 1.35 bits per heavy atom. The van der Waals surface area contributed by atoms with Gasteiger partial charge >= 0.3 is 0 Å². The Labute approximate surface area is 130 Å². The van der Waals surface area contributed by atoms with Gasteiger partial charge in [0.15, 0.2) is 5.78 Å². The molecule has 1 aliphatic heterocycles. The molecule has 0 spiro atoms. The van der Waals surface area contributed by atoms with Gasteiger partial charge in [0, 0.05) is 17.3 Å². The summed E-state index contributed by atoms with van der Waals surface area (Å²) in [5, 5.41) is 22.3. The molecule has 3 N–H and O–H groups in total. The molecule has 2 atom stereocenters. The number of aliphatic hydroxyl groups is 1. The molecule has 4 rings (SSSR count). The Kier molecular flexibility index (Phi) is 2.43. The lowest BCUT2D eigenvalue weighted by molar-refractivity contribution is -0.387. The highest BCUT2D eigenvalue weighted by molar-refractivity contribution is 6.12. The predicted molar refractivity (Wildman–Crippen MR) is 80.3 cm³/mol. The van der Waals surface area contributed by atoms with Crippen molar-refractivity contribution in [2.45, 2.75) is 18.6 Å². The maximum Gasteiger partial charge on any atom is 0.280 e. The second kappa shape index (κ2) is 4.08. The predicted octanol–water partition coefficient (Wildman–Crippen LogP) is 2.00. The van der Waals surface area contributed by atoms with Crippen LogP contribution in [0.5, 0.6) is 5.75 Å². The SMILES string of the molecule is Cc1ccc2c(c1)OC1(O)c3c([N+](=O)[O-])ccc(N)c3C(=O)C21. The molecular formula is C16H12N2O5. The number of anilines is 1. The number of nitrogens with two attached hydrogens (primary N) is 1. The standard InChI is InChI=1S/C16H12N2O5/c1-7-2-3-8-11(6-7)23-16(20)13(8)15(19)12-9(17)4-5-10(14(12)16)18(21)22/h2-6,13,20H,17H2,1H3. The quantitative estimate of drug-likeness (QED) is 0.472. The number of ketones is 1. The number of carbonyl (C=O) groups is 1. The number of Topliss-reactive ketones (excluding diaryl/α,β-unsaturated/α-hetero) is 1. The second-order valence-electron chi connectivity index (χ2n) is 5.82. The molecule has 0 saturated carbocycles. The first-order chi connectivity index (χ1) is 10.8. The number of nitro groups is 1. The van der Waals surface area contributed by atoms with Crippen LogP contribution in [0.2, 0.25) is 0 Å². The van der Waals surface area contributed by atoms with E-state index >= 15 is 0 Å². The summed E-state index contributed by atoms with van der Waals surface area (Å²) < 4.78 is 5.62. The molecule has 0 saturated heterocycles. The van der Waals surface area contributed by atoms with Crippen molar-refractivity contribution in [1.82, 2.24) is 0 Å². The molecule has 2 unspecified atom stereocenters. The Morgan fingerprint density at radius 2 is 2.09 bits per heavy atom. The summed E-state index contributed by atoms with van der Waals surface area (Å²) in [6, 6.07) is 7.66. The number of nitro benzene ring substituents is 1. The van der Waals surface area contributed by atoms with E-state index in [1.807, 2.05) is 6.92 Å². The van der Waals surface area contributed by atoms with E-state index < -0.39 is 22.4 Å². The molecule has 116 valence electrons. The number of hydrogen-bond acceptors (Lipinski definition) is 6. The van der Waals surface area contributed by atoms with Crippen LogP contribution in [0.1, 0.15) is 33.0 Å². The van der Waals surface area contributed by atoms with E-state index in [1.54, 1.807) is 18.2 Å². The van der Waals surface area contributed by atoms with E-state index in [0.717, 1.165) is 5.56 Å². The zero-order chi connectivity index (χ0) is 16.5. The summed E-state index contributed by atoms with van der Waals surface area (Å²) in [5.74, 6) is -3.25. The summed E-state index contributed by atoms with van der Waals surface area (Å²) in [7, 11) is 0. The summed E-state index contributed by atoms with van der Waals surface area (Å²) in [6.07, 6.45) is 0. The molecule has 2 aromatic rings. The molecule has 2 aromatic carbocycles. The fraction of sp³-hybridized carbons (Fsp3) is 0.188. The van der Waals surface area contributed by atoms with Crippen molar-refractivity contribution < 1.29 is 19.6 Å². The lowest BCUT2D eigenvalue weighted by Crippen LogP contribution is -2.33. The maximum absolute atomic E-state index is 12.8. The molecule has 0 bridgehead atoms. The van der Waals surface area contributed by atoms with Gasteiger partial charge in [-0.15, -0.1) is 0 Å². The fourth-order valence-corrected chi connectivity index (χ4v) is 3.45. The van der Waals surface area contributed by atoms with Crippen LogP contribution in [0, 0.1) is 17.0 Å². The number of nitrogens with zero attached hydrogens (tertiary/aromatic N) is 1. The average Bonchev–Trinajstić information content (AvgIpc) is 2.88. The minimum Gasteiger partial charge on any atom is -0.456 e. The second-order valence-corrected chi connectivity index (χ2v) is 5.82. The molecular weight excluding hydrogens is 300 g/mol. The molecule has 23 heavy (non-hydrogen) atoms. The van der Waals surface area contributed by atoms with Crippen LogP contribution in [0.25, 0.3) is 0 Å². The third-order valence-corrected chi connectivity index (χ3v) is 4.42. The largest absolute Gasteiger partial charge is 0.456 e. The van der Waals surface area contributed by atoms with Gasteiger partial charge in [-0.3, -0.25) is 14.9 Å². The van der Waals surface area contributed by atoms with Crippen molar-refractivity contribution >= 4 is 17.2 Å². The number of fused-ring (bicyclic) bond motifs is 5. The van der Waals surface area contributed by atoms with Crippen LogP contribution in [0.3, 0.4) is 0 Å². The van der Waals surface area contributed by atoms with E-state index in [-0.39, 0.29) is 22.5 Å². The van der Waals surface area contributed by atoms with Crippen molar-refractivity contribution in [3.8, 4) is 5.75 Å². The molecule has 0 aromatic heterocycles. The van der Waals surface area contributed by atoms with Gasteiger partial charge in [-0.2, -0.15) is 0 Å². The Hall–Kier alpha value is -2.93. The minimum absolute atomic E-state index is 0.0297. The van der Waals surface area contributed by atoms with Crippen molar-refractivity contribution in [2.24, 2.45) is 0 Å². The van der Waals surface area contributed by atoms with E-state index in [4.69, 9.17) is 10.5 Å². The van der Waals surface area contributed by atoms with Gasteiger partial charge in [0.1, 0.15) is 17.2 Å². The summed E-state index contributed by atoms with van der Waals surface area (Å²) in [5.41, 5.74) is 6.75. The van der Waals surface area contributed by atoms with E-state index in [2.05, 4.69) is 0 Å². The van der Waals surface area contributed by atoms with E-state index in [1.165, 1.54) is 12.1 Å². The lowest BCUT2D eigenvalue weighted by Gasteiger charge is -2.22. The minimum atomic E-state index is -2.10. The van der Waals surface area contributed by atoms with Crippen LogP contribution in [0.4, 0.5) is 11.4 Å². The van der Waals surface area contributed by atoms with Crippen molar-refractivity contribution in [3.05, 3.63) is 62.7 Å². The molecule has 0 amide bonds. The monoisotopic (exact) mass is 312 g/mol. The third kappa shape index (κ3) is 1.54. The zero-order valence-corrected chi connectivity index (χ0v) is 12.1. The number of nitrogen functional groups attached to an aromatic ring is 1. The van der Waals surface area contributed by atoms with Gasteiger partial charge in [-0.1, -0.05) is 12.1 Å². The van der Waals surface area contributed by atoms with Gasteiger partial charge in [0.05, 0.1) is 10.5 Å². The van der Waals surface area contributed by atoms with Crippen molar-refractivity contribution in [3.63, 3.8) is 0 Å². The third-order valence-electron chi connectivity index (χ3n) is 4.42. The van der Waals surface area contributed by atoms with Crippen LogP contribution in [0.15, 0.2) is 30.3 Å². The summed E-state index contributed by atoms with van der Waals surface area (Å²) >= 11 is 0.